The smallest absolute Gasteiger partial charge is 0.313 e. The summed E-state index contributed by atoms with van der Waals surface area (Å²) in [6, 6.07) is 13.5. The summed E-state index contributed by atoms with van der Waals surface area (Å²) in [7, 11) is 0. The van der Waals surface area contributed by atoms with Gasteiger partial charge in [0.2, 0.25) is 5.91 Å². The highest BCUT2D eigenvalue weighted by Crippen LogP contribution is 2.15. The van der Waals surface area contributed by atoms with Gasteiger partial charge in [-0.25, -0.2) is 0 Å². The molecule has 6 nitrogen and oxygen atoms in total. The van der Waals surface area contributed by atoms with E-state index in [2.05, 4.69) is 16.0 Å². The minimum absolute atomic E-state index is 0.218. The second-order valence-electron chi connectivity index (χ2n) is 5.03. The maximum absolute atomic E-state index is 11.9. The summed E-state index contributed by atoms with van der Waals surface area (Å²) in [5.74, 6) is -1.77. The summed E-state index contributed by atoms with van der Waals surface area (Å²) < 4.78 is 0. The van der Waals surface area contributed by atoms with Gasteiger partial charge in [-0.05, 0) is 35.9 Å². The van der Waals surface area contributed by atoms with Gasteiger partial charge in [-0.2, -0.15) is 0 Å². The summed E-state index contributed by atoms with van der Waals surface area (Å²) >= 11 is 5.78. The first-order valence-corrected chi connectivity index (χ1v) is 7.53. The van der Waals surface area contributed by atoms with Gasteiger partial charge in [0.25, 0.3) is 0 Å². The summed E-state index contributed by atoms with van der Waals surface area (Å²) in [5, 5.41) is 8.20. The molecule has 2 aromatic rings. The Morgan fingerprint density at radius 1 is 0.917 bits per heavy atom. The van der Waals surface area contributed by atoms with E-state index in [9.17, 15) is 14.4 Å². The van der Waals surface area contributed by atoms with Crippen LogP contribution in [-0.2, 0) is 20.9 Å². The van der Waals surface area contributed by atoms with Crippen LogP contribution in [0.4, 0.5) is 11.4 Å². The minimum atomic E-state index is -0.788. The van der Waals surface area contributed by atoms with Gasteiger partial charge in [-0.15, -0.1) is 0 Å². The lowest BCUT2D eigenvalue weighted by Crippen LogP contribution is -2.34. The van der Waals surface area contributed by atoms with Crippen LogP contribution in [0.3, 0.4) is 0 Å². The van der Waals surface area contributed by atoms with Crippen LogP contribution in [0.1, 0.15) is 12.5 Å². The molecule has 2 aromatic carbocycles. The fraction of sp³-hybridized carbons (Fsp3) is 0.118. The molecular weight excluding hydrogens is 330 g/mol. The lowest BCUT2D eigenvalue weighted by molar-refractivity contribution is -0.136. The molecule has 24 heavy (non-hydrogen) atoms. The predicted octanol–water partition coefficient (Wildman–Crippen LogP) is 2.55. The van der Waals surface area contributed by atoms with E-state index < -0.39 is 11.8 Å². The second-order valence-corrected chi connectivity index (χ2v) is 5.46. The highest BCUT2D eigenvalue weighted by Gasteiger charge is 2.13. The first-order chi connectivity index (χ1) is 11.4. The number of carbonyl (C=O) groups is 3. The Hall–Kier alpha value is -2.86. The number of carbonyl (C=O) groups excluding carboxylic acids is 3. The summed E-state index contributed by atoms with van der Waals surface area (Å²) in [6.45, 7) is 1.60. The maximum atomic E-state index is 11.9. The van der Waals surface area contributed by atoms with Crippen molar-refractivity contribution in [1.29, 1.82) is 0 Å². The van der Waals surface area contributed by atoms with Gasteiger partial charge < -0.3 is 16.0 Å². The molecule has 0 radical (unpaired) electrons. The first-order valence-electron chi connectivity index (χ1n) is 7.15. The van der Waals surface area contributed by atoms with Crippen molar-refractivity contribution in [3.05, 3.63) is 59.1 Å². The normalized spacial score (nSPS) is 9.92. The number of anilines is 2. The molecular formula is C17H16ClN3O3. The van der Waals surface area contributed by atoms with E-state index in [1.807, 2.05) is 0 Å². The van der Waals surface area contributed by atoms with E-state index in [0.717, 1.165) is 5.56 Å². The van der Waals surface area contributed by atoms with Crippen molar-refractivity contribution in [1.82, 2.24) is 5.32 Å². The van der Waals surface area contributed by atoms with Crippen molar-refractivity contribution in [3.63, 3.8) is 0 Å². The molecule has 0 unspecified atom stereocenters. The van der Waals surface area contributed by atoms with E-state index in [1.54, 1.807) is 48.5 Å². The molecule has 3 amide bonds. The zero-order valence-corrected chi connectivity index (χ0v) is 13.7. The standard InChI is InChI=1S/C17H16ClN3O3/c1-11(22)20-14-3-2-4-15(9-14)21-17(24)16(23)19-10-12-5-7-13(18)8-6-12/h2-9H,10H2,1H3,(H,19,23)(H,20,22)(H,21,24). The molecule has 2 rings (SSSR count). The molecule has 0 heterocycles. The maximum Gasteiger partial charge on any atom is 0.313 e. The van der Waals surface area contributed by atoms with Crippen LogP contribution < -0.4 is 16.0 Å². The van der Waals surface area contributed by atoms with E-state index in [0.29, 0.717) is 16.4 Å². The lowest BCUT2D eigenvalue weighted by atomic mass is 10.2. The zero-order valence-electron chi connectivity index (χ0n) is 12.9. The Labute approximate surface area is 144 Å². The third kappa shape index (κ3) is 5.40. The number of hydrogen-bond acceptors (Lipinski definition) is 3. The van der Waals surface area contributed by atoms with Crippen LogP contribution in [0.15, 0.2) is 48.5 Å². The van der Waals surface area contributed by atoms with Crippen molar-refractivity contribution in [2.75, 3.05) is 10.6 Å². The molecule has 0 saturated heterocycles. The van der Waals surface area contributed by atoms with Crippen molar-refractivity contribution >= 4 is 40.7 Å². The van der Waals surface area contributed by atoms with E-state index in [-0.39, 0.29) is 12.5 Å². The molecule has 0 aliphatic heterocycles. The highest BCUT2D eigenvalue weighted by atomic mass is 35.5. The van der Waals surface area contributed by atoms with Crippen LogP contribution in [0, 0.1) is 0 Å². The molecule has 0 bridgehead atoms. The monoisotopic (exact) mass is 345 g/mol. The van der Waals surface area contributed by atoms with E-state index >= 15 is 0 Å². The Kier molecular flexibility index (Phi) is 5.92. The van der Waals surface area contributed by atoms with Gasteiger partial charge in [0.15, 0.2) is 0 Å². The molecule has 124 valence electrons. The van der Waals surface area contributed by atoms with Gasteiger partial charge in [-0.3, -0.25) is 14.4 Å². The van der Waals surface area contributed by atoms with Gasteiger partial charge in [0.1, 0.15) is 0 Å². The fourth-order valence-corrected chi connectivity index (χ4v) is 2.06. The Morgan fingerprint density at radius 2 is 1.54 bits per heavy atom. The number of hydrogen-bond donors (Lipinski definition) is 3. The lowest BCUT2D eigenvalue weighted by Gasteiger charge is -2.08. The number of rotatable bonds is 4. The summed E-state index contributed by atoms with van der Waals surface area (Å²) in [4.78, 5) is 34.7. The van der Waals surface area contributed by atoms with Crippen molar-refractivity contribution < 1.29 is 14.4 Å². The summed E-state index contributed by atoms with van der Waals surface area (Å²) in [5.41, 5.74) is 1.77. The average molecular weight is 346 g/mol. The molecule has 0 aromatic heterocycles. The predicted molar refractivity (Wildman–Crippen MR) is 92.7 cm³/mol. The molecule has 0 aliphatic carbocycles. The molecule has 7 heteroatoms. The number of amides is 3. The van der Waals surface area contributed by atoms with Crippen LogP contribution in [-0.4, -0.2) is 17.7 Å². The van der Waals surface area contributed by atoms with Crippen LogP contribution in [0.2, 0.25) is 5.02 Å². The number of nitrogens with one attached hydrogen (secondary N) is 3. The largest absolute Gasteiger partial charge is 0.344 e. The van der Waals surface area contributed by atoms with Crippen molar-refractivity contribution in [3.8, 4) is 0 Å². The Bertz CT molecular complexity index is 760. The Balaban J connectivity index is 1.90. The van der Waals surface area contributed by atoms with Crippen LogP contribution in [0.25, 0.3) is 0 Å². The minimum Gasteiger partial charge on any atom is -0.344 e. The van der Waals surface area contributed by atoms with Crippen LogP contribution in [0.5, 0.6) is 0 Å². The van der Waals surface area contributed by atoms with Gasteiger partial charge >= 0.3 is 11.8 Å². The quantitative estimate of drug-likeness (QED) is 0.744. The average Bonchev–Trinajstić information content (AvgIpc) is 2.53. The third-order valence-corrected chi connectivity index (χ3v) is 3.27. The molecule has 0 atom stereocenters. The zero-order chi connectivity index (χ0) is 17.5. The fourth-order valence-electron chi connectivity index (χ4n) is 1.93. The molecule has 0 aliphatic rings. The third-order valence-electron chi connectivity index (χ3n) is 3.01. The van der Waals surface area contributed by atoms with Gasteiger partial charge in [-0.1, -0.05) is 29.8 Å². The van der Waals surface area contributed by atoms with Crippen molar-refractivity contribution in [2.24, 2.45) is 0 Å². The topological polar surface area (TPSA) is 87.3 Å². The SMILES string of the molecule is CC(=O)Nc1cccc(NC(=O)C(=O)NCc2ccc(Cl)cc2)c1. The number of benzene rings is 2. The first kappa shape index (κ1) is 17.5. The molecule has 0 spiro atoms. The molecule has 3 N–H and O–H groups in total. The summed E-state index contributed by atoms with van der Waals surface area (Å²) in [6.07, 6.45) is 0. The highest BCUT2D eigenvalue weighted by molar-refractivity contribution is 6.39. The number of halogens is 1. The van der Waals surface area contributed by atoms with Crippen molar-refractivity contribution in [2.45, 2.75) is 13.5 Å². The second kappa shape index (κ2) is 8.12. The van der Waals surface area contributed by atoms with Gasteiger partial charge in [0.05, 0.1) is 0 Å². The van der Waals surface area contributed by atoms with E-state index in [4.69, 9.17) is 11.6 Å². The molecule has 0 saturated carbocycles. The van der Waals surface area contributed by atoms with Gasteiger partial charge in [0, 0.05) is 29.9 Å². The Morgan fingerprint density at radius 3 is 2.17 bits per heavy atom. The van der Waals surface area contributed by atoms with E-state index in [1.165, 1.54) is 6.92 Å². The molecule has 0 fully saturated rings. The van der Waals surface area contributed by atoms with Crippen LogP contribution >= 0.6 is 11.6 Å².